The van der Waals surface area contributed by atoms with E-state index >= 15 is 0 Å². The van der Waals surface area contributed by atoms with E-state index in [4.69, 9.17) is 11.6 Å². The van der Waals surface area contributed by atoms with Gasteiger partial charge in [0.2, 0.25) is 11.8 Å². The van der Waals surface area contributed by atoms with Gasteiger partial charge >= 0.3 is 0 Å². The van der Waals surface area contributed by atoms with E-state index in [9.17, 15) is 18.4 Å². The lowest BCUT2D eigenvalue weighted by Gasteiger charge is -2.28. The minimum absolute atomic E-state index is 0.00505. The molecule has 2 aromatic rings. The molecule has 6 nitrogen and oxygen atoms in total. The summed E-state index contributed by atoms with van der Waals surface area (Å²) in [7, 11) is 0. The molecule has 2 amide bonds. The Morgan fingerprint density at radius 2 is 1.82 bits per heavy atom. The van der Waals surface area contributed by atoms with E-state index in [2.05, 4.69) is 16.0 Å². The van der Waals surface area contributed by atoms with Crippen LogP contribution >= 0.6 is 11.6 Å². The number of amides is 2. The van der Waals surface area contributed by atoms with Crippen molar-refractivity contribution >= 4 is 40.5 Å². The predicted octanol–water partition coefficient (Wildman–Crippen LogP) is 5.29. The van der Waals surface area contributed by atoms with Gasteiger partial charge in [-0.15, -0.1) is 0 Å². The molecule has 3 N–H and O–H groups in total. The van der Waals surface area contributed by atoms with Gasteiger partial charge in [0.15, 0.2) is 0 Å². The summed E-state index contributed by atoms with van der Waals surface area (Å²) in [6, 6.07) is 7.62. The van der Waals surface area contributed by atoms with Crippen molar-refractivity contribution in [2.75, 3.05) is 35.6 Å². The molecule has 0 radical (unpaired) electrons. The average molecular weight is 481 g/mol. The Hall–Kier alpha value is -2.71. The smallest absolute Gasteiger partial charge is 0.238 e. The first-order valence-electron chi connectivity index (χ1n) is 11.1. The van der Waals surface area contributed by atoms with Crippen molar-refractivity contribution in [3.8, 4) is 0 Å². The lowest BCUT2D eigenvalue weighted by Crippen LogP contribution is -2.42. The Kier molecular flexibility index (Phi) is 10.1. The van der Waals surface area contributed by atoms with Gasteiger partial charge in [-0.1, -0.05) is 32.4 Å². The number of nitrogens with one attached hydrogen (secondary N) is 3. The van der Waals surface area contributed by atoms with Crippen LogP contribution in [0.1, 0.15) is 39.7 Å². The molecule has 33 heavy (non-hydrogen) atoms. The topological polar surface area (TPSA) is 73.5 Å². The molecule has 0 bridgehead atoms. The van der Waals surface area contributed by atoms with E-state index < -0.39 is 16.7 Å². The number of anilines is 3. The molecular formula is C24H31ClF2N4O2. The number of carbonyl (C=O) groups excluding carboxylic acids is 2. The highest BCUT2D eigenvalue weighted by molar-refractivity contribution is 6.30. The Morgan fingerprint density at radius 1 is 1.15 bits per heavy atom. The zero-order valence-corrected chi connectivity index (χ0v) is 20.2. The zero-order valence-electron chi connectivity index (χ0n) is 19.4. The van der Waals surface area contributed by atoms with Crippen LogP contribution < -0.4 is 16.0 Å². The number of rotatable bonds is 8. The third-order valence-corrected chi connectivity index (χ3v) is 5.61. The van der Waals surface area contributed by atoms with Gasteiger partial charge in [0, 0.05) is 36.1 Å². The number of hydrogen-bond acceptors (Lipinski definition) is 4. The molecule has 0 fully saturated rings. The fourth-order valence-electron chi connectivity index (χ4n) is 3.48. The van der Waals surface area contributed by atoms with Crippen LogP contribution in [0.4, 0.5) is 25.8 Å². The fourth-order valence-corrected chi connectivity index (χ4v) is 3.59. The van der Waals surface area contributed by atoms with Crippen molar-refractivity contribution < 1.29 is 18.4 Å². The van der Waals surface area contributed by atoms with E-state index in [1.807, 2.05) is 38.7 Å². The summed E-state index contributed by atoms with van der Waals surface area (Å²) in [5.41, 5.74) is 2.73. The Labute approximate surface area is 198 Å². The summed E-state index contributed by atoms with van der Waals surface area (Å²) >= 11 is 5.51. The van der Waals surface area contributed by atoms with Crippen LogP contribution in [0.15, 0.2) is 30.3 Å². The average Bonchev–Trinajstić information content (AvgIpc) is 2.80. The summed E-state index contributed by atoms with van der Waals surface area (Å²) in [6.07, 6.45) is 1.07. The molecule has 1 aliphatic rings. The standard InChI is InChI=1S/C22H25ClF2N4O2.C2H6/c1-3-29(13(2)11-26-16-9-17(24)22(23)18(25)10-16)12-21(31)27-15-5-6-19-14(8-15)4-7-20(30)28-19;1-2/h5-6,8-10,13,26H,3-4,7,11-12H2,1-2H3,(H,27,31)(H,28,30);1-2H3. The number of aryl methyl sites for hydroxylation is 1. The summed E-state index contributed by atoms with van der Waals surface area (Å²) in [5.74, 6) is -1.83. The third kappa shape index (κ3) is 7.40. The molecule has 0 spiro atoms. The van der Waals surface area contributed by atoms with Gasteiger partial charge in [0.25, 0.3) is 0 Å². The number of fused-ring (bicyclic) bond motifs is 1. The summed E-state index contributed by atoms with van der Waals surface area (Å²) in [4.78, 5) is 26.0. The minimum Gasteiger partial charge on any atom is -0.383 e. The molecule has 1 aliphatic heterocycles. The molecule has 3 rings (SSSR count). The highest BCUT2D eigenvalue weighted by Gasteiger charge is 2.18. The fraction of sp³-hybridized carbons (Fsp3) is 0.417. The number of carbonyl (C=O) groups is 2. The number of likely N-dealkylation sites (N-methyl/N-ethyl adjacent to an activating group) is 1. The van der Waals surface area contributed by atoms with Crippen LogP contribution in [0.3, 0.4) is 0 Å². The van der Waals surface area contributed by atoms with Gasteiger partial charge in [-0.3, -0.25) is 14.5 Å². The SMILES string of the molecule is CC.CCN(CC(=O)Nc1ccc2c(c1)CCC(=O)N2)C(C)CNc1cc(F)c(Cl)c(F)c1. The van der Waals surface area contributed by atoms with Crippen LogP contribution in [0, 0.1) is 11.6 Å². The summed E-state index contributed by atoms with van der Waals surface area (Å²) in [5, 5.41) is 8.15. The van der Waals surface area contributed by atoms with Gasteiger partial charge in [-0.2, -0.15) is 0 Å². The molecule has 0 aromatic heterocycles. The van der Waals surface area contributed by atoms with Gasteiger partial charge in [-0.05, 0) is 55.8 Å². The first-order valence-corrected chi connectivity index (χ1v) is 11.5. The Bertz CT molecular complexity index is 964. The van der Waals surface area contributed by atoms with Crippen molar-refractivity contribution in [3.63, 3.8) is 0 Å². The lowest BCUT2D eigenvalue weighted by molar-refractivity contribution is -0.118. The van der Waals surface area contributed by atoms with Crippen molar-refractivity contribution in [2.45, 2.75) is 46.6 Å². The maximum Gasteiger partial charge on any atom is 0.238 e. The first kappa shape index (κ1) is 26.5. The van der Waals surface area contributed by atoms with E-state index in [1.54, 1.807) is 12.1 Å². The molecule has 180 valence electrons. The van der Waals surface area contributed by atoms with Gasteiger partial charge in [-0.25, -0.2) is 8.78 Å². The van der Waals surface area contributed by atoms with E-state index in [0.29, 0.717) is 31.6 Å². The van der Waals surface area contributed by atoms with Crippen LogP contribution in [-0.4, -0.2) is 42.4 Å². The van der Waals surface area contributed by atoms with Crippen LogP contribution in [-0.2, 0) is 16.0 Å². The highest BCUT2D eigenvalue weighted by atomic mass is 35.5. The van der Waals surface area contributed by atoms with Gasteiger partial charge in [0.05, 0.1) is 6.54 Å². The first-order chi connectivity index (χ1) is 15.8. The minimum atomic E-state index is -0.826. The molecular weight excluding hydrogens is 450 g/mol. The van der Waals surface area contributed by atoms with Crippen molar-refractivity contribution in [1.82, 2.24) is 4.90 Å². The Morgan fingerprint density at radius 3 is 2.45 bits per heavy atom. The maximum atomic E-state index is 13.6. The summed E-state index contributed by atoms with van der Waals surface area (Å²) < 4.78 is 27.2. The molecule has 0 saturated heterocycles. The zero-order chi connectivity index (χ0) is 24.5. The van der Waals surface area contributed by atoms with E-state index in [-0.39, 0.29) is 30.1 Å². The van der Waals surface area contributed by atoms with E-state index in [1.165, 1.54) is 0 Å². The molecule has 9 heteroatoms. The molecule has 0 aliphatic carbocycles. The second-order valence-electron chi connectivity index (χ2n) is 7.52. The van der Waals surface area contributed by atoms with Crippen LogP contribution in [0.5, 0.6) is 0 Å². The molecule has 1 heterocycles. The number of hydrogen-bond donors (Lipinski definition) is 3. The second-order valence-corrected chi connectivity index (χ2v) is 7.89. The number of benzene rings is 2. The third-order valence-electron chi connectivity index (χ3n) is 5.25. The van der Waals surface area contributed by atoms with E-state index in [0.717, 1.165) is 23.4 Å². The van der Waals surface area contributed by atoms with Crippen molar-refractivity contribution in [1.29, 1.82) is 0 Å². The van der Waals surface area contributed by atoms with Crippen LogP contribution in [0.2, 0.25) is 5.02 Å². The highest BCUT2D eigenvalue weighted by Crippen LogP contribution is 2.26. The van der Waals surface area contributed by atoms with Gasteiger partial charge in [0.1, 0.15) is 16.7 Å². The quantitative estimate of drug-likeness (QED) is 0.449. The number of halogens is 3. The van der Waals surface area contributed by atoms with Gasteiger partial charge < -0.3 is 16.0 Å². The Balaban J connectivity index is 0.00000187. The largest absolute Gasteiger partial charge is 0.383 e. The monoisotopic (exact) mass is 480 g/mol. The van der Waals surface area contributed by atoms with Crippen LogP contribution in [0.25, 0.3) is 0 Å². The predicted molar refractivity (Wildman–Crippen MR) is 130 cm³/mol. The lowest BCUT2D eigenvalue weighted by atomic mass is 10.0. The second kappa shape index (κ2) is 12.5. The van der Waals surface area contributed by atoms with Crippen molar-refractivity contribution in [3.05, 3.63) is 52.6 Å². The summed E-state index contributed by atoms with van der Waals surface area (Å²) in [6.45, 7) is 9.04. The maximum absolute atomic E-state index is 13.6. The normalized spacial score (nSPS) is 13.4. The number of nitrogens with zero attached hydrogens (tertiary/aromatic N) is 1. The molecule has 2 aromatic carbocycles. The molecule has 1 unspecified atom stereocenters. The molecule has 0 saturated carbocycles. The van der Waals surface area contributed by atoms with Crippen molar-refractivity contribution in [2.24, 2.45) is 0 Å². The molecule has 1 atom stereocenters.